The van der Waals surface area contributed by atoms with Gasteiger partial charge >= 0.3 is 0 Å². The molecule has 2 aliphatic rings. The lowest BCUT2D eigenvalue weighted by Gasteiger charge is -2.35. The first kappa shape index (κ1) is 16.9. The van der Waals surface area contributed by atoms with Gasteiger partial charge in [-0.3, -0.25) is 9.59 Å². The number of carbonyl (C=O) groups is 2. The zero-order chi connectivity index (χ0) is 17.1. The van der Waals surface area contributed by atoms with Crippen LogP contribution < -0.4 is 5.32 Å². The maximum Gasteiger partial charge on any atom is 0.248 e. The number of nitrogens with zero attached hydrogens (tertiary/aromatic N) is 1. The molecule has 0 bridgehead atoms. The van der Waals surface area contributed by atoms with Crippen molar-refractivity contribution in [3.05, 3.63) is 29.8 Å². The number of ether oxygens (including phenoxy) is 1. The normalized spacial score (nSPS) is 23.3. The molecule has 0 spiro atoms. The molecule has 1 aromatic rings. The second kappa shape index (κ2) is 7.32. The van der Waals surface area contributed by atoms with E-state index < -0.39 is 12.1 Å². The van der Waals surface area contributed by atoms with Gasteiger partial charge in [-0.1, -0.05) is 25.0 Å². The van der Waals surface area contributed by atoms with Gasteiger partial charge in [-0.2, -0.15) is 0 Å². The molecule has 130 valence electrons. The number of likely N-dealkylation sites (N-methyl/N-ethyl adjacent to an activating group) is 1. The Morgan fingerprint density at radius 3 is 2.62 bits per heavy atom. The van der Waals surface area contributed by atoms with Gasteiger partial charge < -0.3 is 20.1 Å². The third kappa shape index (κ3) is 3.60. The highest BCUT2D eigenvalue weighted by molar-refractivity contribution is 5.92. The zero-order valence-corrected chi connectivity index (χ0v) is 13.9. The van der Waals surface area contributed by atoms with Gasteiger partial charge in [-0.05, 0) is 30.5 Å². The number of rotatable bonds is 4. The number of benzene rings is 1. The number of aliphatic hydroxyl groups excluding tert-OH is 1. The summed E-state index contributed by atoms with van der Waals surface area (Å²) in [6.07, 6.45) is 3.35. The van der Waals surface area contributed by atoms with E-state index in [1.807, 2.05) is 0 Å². The van der Waals surface area contributed by atoms with Crippen molar-refractivity contribution in [3.63, 3.8) is 0 Å². The molecule has 6 heteroatoms. The van der Waals surface area contributed by atoms with Crippen LogP contribution in [-0.2, 0) is 14.3 Å². The molecule has 1 saturated carbocycles. The SMILES string of the molecule is CN1C(=O)COC[C@@H]1[C@H](O)c1ccc(NC(=O)C2CCCC2)cc1. The van der Waals surface area contributed by atoms with Crippen molar-refractivity contribution in [3.8, 4) is 0 Å². The third-order valence-corrected chi connectivity index (χ3v) is 5.02. The summed E-state index contributed by atoms with van der Waals surface area (Å²) < 4.78 is 5.23. The van der Waals surface area contributed by atoms with E-state index in [4.69, 9.17) is 4.74 Å². The van der Waals surface area contributed by atoms with Gasteiger partial charge in [0, 0.05) is 18.7 Å². The van der Waals surface area contributed by atoms with Crippen LogP contribution in [0.2, 0.25) is 0 Å². The molecule has 1 aliphatic carbocycles. The first-order chi connectivity index (χ1) is 11.6. The molecule has 2 atom stereocenters. The number of hydrogen-bond donors (Lipinski definition) is 2. The predicted molar refractivity (Wildman–Crippen MR) is 89.4 cm³/mol. The summed E-state index contributed by atoms with van der Waals surface area (Å²) >= 11 is 0. The van der Waals surface area contributed by atoms with Crippen molar-refractivity contribution in [2.45, 2.75) is 37.8 Å². The van der Waals surface area contributed by atoms with Gasteiger partial charge in [0.05, 0.1) is 12.6 Å². The fourth-order valence-corrected chi connectivity index (χ4v) is 3.39. The Morgan fingerprint density at radius 1 is 1.29 bits per heavy atom. The molecule has 6 nitrogen and oxygen atoms in total. The smallest absolute Gasteiger partial charge is 0.248 e. The summed E-state index contributed by atoms with van der Waals surface area (Å²) in [4.78, 5) is 25.4. The summed E-state index contributed by atoms with van der Waals surface area (Å²) in [6, 6.07) is 6.74. The molecule has 1 heterocycles. The van der Waals surface area contributed by atoms with Crippen LogP contribution in [0.4, 0.5) is 5.69 Å². The molecule has 1 saturated heterocycles. The number of hydrogen-bond acceptors (Lipinski definition) is 4. The summed E-state index contributed by atoms with van der Waals surface area (Å²) in [5.74, 6) is 0.0619. The Labute approximate surface area is 141 Å². The maximum absolute atomic E-state index is 12.1. The molecule has 2 amide bonds. The maximum atomic E-state index is 12.1. The Hall–Kier alpha value is -1.92. The van der Waals surface area contributed by atoms with E-state index in [1.54, 1.807) is 31.3 Å². The summed E-state index contributed by atoms with van der Waals surface area (Å²) in [7, 11) is 1.68. The quantitative estimate of drug-likeness (QED) is 0.880. The van der Waals surface area contributed by atoms with Crippen LogP contribution in [-0.4, -0.2) is 48.1 Å². The monoisotopic (exact) mass is 332 g/mol. The number of amides is 2. The number of carbonyl (C=O) groups excluding carboxylic acids is 2. The minimum absolute atomic E-state index is 0.0614. The van der Waals surface area contributed by atoms with Gasteiger partial charge in [0.15, 0.2) is 0 Å². The van der Waals surface area contributed by atoms with Crippen LogP contribution >= 0.6 is 0 Å². The highest BCUT2D eigenvalue weighted by atomic mass is 16.5. The second-order valence-electron chi connectivity index (χ2n) is 6.62. The lowest BCUT2D eigenvalue weighted by molar-refractivity contribution is -0.151. The highest BCUT2D eigenvalue weighted by Crippen LogP contribution is 2.27. The van der Waals surface area contributed by atoms with Crippen molar-refractivity contribution in [1.29, 1.82) is 0 Å². The van der Waals surface area contributed by atoms with Crippen molar-refractivity contribution >= 4 is 17.5 Å². The number of anilines is 1. The number of nitrogens with one attached hydrogen (secondary N) is 1. The van der Waals surface area contributed by atoms with E-state index in [0.29, 0.717) is 12.2 Å². The molecule has 3 rings (SSSR count). The first-order valence-electron chi connectivity index (χ1n) is 8.48. The van der Waals surface area contributed by atoms with Crippen LogP contribution in [0.3, 0.4) is 0 Å². The predicted octanol–water partition coefficient (Wildman–Crippen LogP) is 1.71. The van der Waals surface area contributed by atoms with Gasteiger partial charge in [-0.25, -0.2) is 0 Å². The molecular formula is C18H24N2O4. The van der Waals surface area contributed by atoms with E-state index in [2.05, 4.69) is 5.32 Å². The van der Waals surface area contributed by atoms with Crippen molar-refractivity contribution in [2.24, 2.45) is 5.92 Å². The molecule has 2 fully saturated rings. The minimum atomic E-state index is -0.821. The third-order valence-electron chi connectivity index (χ3n) is 5.02. The summed E-state index contributed by atoms with van der Waals surface area (Å²) in [5, 5.41) is 13.5. The molecule has 0 unspecified atom stereocenters. The van der Waals surface area contributed by atoms with Crippen LogP contribution in [0.25, 0.3) is 0 Å². The van der Waals surface area contributed by atoms with Gasteiger partial charge in [-0.15, -0.1) is 0 Å². The molecular weight excluding hydrogens is 308 g/mol. The fourth-order valence-electron chi connectivity index (χ4n) is 3.39. The van der Waals surface area contributed by atoms with Crippen LogP contribution in [0, 0.1) is 5.92 Å². The molecule has 2 N–H and O–H groups in total. The van der Waals surface area contributed by atoms with Gasteiger partial charge in [0.1, 0.15) is 12.7 Å². The van der Waals surface area contributed by atoms with E-state index in [9.17, 15) is 14.7 Å². The molecule has 0 radical (unpaired) electrons. The Balaban J connectivity index is 1.63. The Morgan fingerprint density at radius 2 is 1.96 bits per heavy atom. The minimum Gasteiger partial charge on any atom is -0.386 e. The van der Waals surface area contributed by atoms with Crippen molar-refractivity contribution < 1.29 is 19.4 Å². The number of morpholine rings is 1. The topological polar surface area (TPSA) is 78.9 Å². The van der Waals surface area contributed by atoms with E-state index in [-0.39, 0.29) is 24.3 Å². The lowest BCUT2D eigenvalue weighted by Crippen LogP contribution is -2.49. The Kier molecular flexibility index (Phi) is 5.16. The highest BCUT2D eigenvalue weighted by Gasteiger charge is 2.32. The van der Waals surface area contributed by atoms with E-state index in [1.165, 1.54) is 4.90 Å². The average molecular weight is 332 g/mol. The van der Waals surface area contributed by atoms with E-state index >= 15 is 0 Å². The standard InChI is InChI=1S/C18H24N2O4/c1-20-15(10-24-11-16(20)21)17(22)12-6-8-14(9-7-12)19-18(23)13-4-2-3-5-13/h6-9,13,15,17,22H,2-5,10-11H2,1H3,(H,19,23)/t15-,17-/m1/s1. The second-order valence-corrected chi connectivity index (χ2v) is 6.62. The fraction of sp³-hybridized carbons (Fsp3) is 0.556. The average Bonchev–Trinajstić information content (AvgIpc) is 3.12. The summed E-state index contributed by atoms with van der Waals surface area (Å²) in [6.45, 7) is 0.370. The van der Waals surface area contributed by atoms with Gasteiger partial charge in [0.2, 0.25) is 11.8 Å². The lowest BCUT2D eigenvalue weighted by atomic mass is 10.0. The zero-order valence-electron chi connectivity index (χ0n) is 13.9. The molecule has 1 aromatic carbocycles. The largest absolute Gasteiger partial charge is 0.386 e. The molecule has 0 aromatic heterocycles. The first-order valence-corrected chi connectivity index (χ1v) is 8.48. The van der Waals surface area contributed by atoms with E-state index in [0.717, 1.165) is 31.4 Å². The van der Waals surface area contributed by atoms with Crippen LogP contribution in [0.15, 0.2) is 24.3 Å². The van der Waals surface area contributed by atoms with Gasteiger partial charge in [0.25, 0.3) is 0 Å². The van der Waals surface area contributed by atoms with Crippen molar-refractivity contribution in [1.82, 2.24) is 4.90 Å². The van der Waals surface area contributed by atoms with Crippen LogP contribution in [0.1, 0.15) is 37.4 Å². The molecule has 24 heavy (non-hydrogen) atoms. The molecule has 1 aliphatic heterocycles. The Bertz CT molecular complexity index is 596. The van der Waals surface area contributed by atoms with Crippen molar-refractivity contribution in [2.75, 3.05) is 25.6 Å². The number of aliphatic hydroxyl groups is 1. The summed E-state index contributed by atoms with van der Waals surface area (Å²) in [5.41, 5.74) is 1.43. The van der Waals surface area contributed by atoms with Crippen LogP contribution in [0.5, 0.6) is 0 Å².